The first-order chi connectivity index (χ1) is 12.0. The van der Waals surface area contributed by atoms with Crippen molar-refractivity contribution in [2.45, 2.75) is 25.6 Å². The van der Waals surface area contributed by atoms with Crippen molar-refractivity contribution in [3.05, 3.63) is 42.0 Å². The second-order valence-corrected chi connectivity index (χ2v) is 6.02. The number of esters is 1. The van der Waals surface area contributed by atoms with Gasteiger partial charge in [-0.2, -0.15) is 0 Å². The van der Waals surface area contributed by atoms with Crippen LogP contribution in [0.15, 0.2) is 36.4 Å². The Bertz CT molecular complexity index is 711. The average Bonchev–Trinajstić information content (AvgIpc) is 3.21. The molecule has 1 amide bonds. The third kappa shape index (κ3) is 3.41. The molecule has 1 aromatic rings. The monoisotopic (exact) mass is 344 g/mol. The summed E-state index contributed by atoms with van der Waals surface area (Å²) in [4.78, 5) is 35.5. The number of rotatable bonds is 6. The number of hydrogen-bond donors (Lipinski definition) is 1. The fourth-order valence-corrected chi connectivity index (χ4v) is 3.09. The van der Waals surface area contributed by atoms with Gasteiger partial charge >= 0.3 is 5.97 Å². The van der Waals surface area contributed by atoms with E-state index in [9.17, 15) is 19.5 Å². The molecular weight excluding hydrogens is 326 g/mol. The molecule has 0 saturated carbocycles. The van der Waals surface area contributed by atoms with Crippen molar-refractivity contribution >= 4 is 23.5 Å². The maximum Gasteiger partial charge on any atom is 0.338 e. The zero-order valence-electron chi connectivity index (χ0n) is 13.6. The van der Waals surface area contributed by atoms with Crippen LogP contribution in [0.3, 0.4) is 0 Å². The first kappa shape index (κ1) is 17.2. The molecule has 1 fully saturated rings. The number of benzene rings is 1. The number of amides is 1. The van der Waals surface area contributed by atoms with E-state index in [0.29, 0.717) is 17.9 Å². The van der Waals surface area contributed by atoms with Crippen LogP contribution in [-0.4, -0.2) is 36.7 Å². The standard InChI is InChI=1S/C18H19NO6/c1-2-9-24-18(23)10-3-5-11(6-4-10)19-16(20)14-12-7-8-13(25-12)15(14)17(21)22/h3-8,12-15H,2,9H2,1H3,(H,19,20)(H,21,22)/p-1/t12-,13+,14-,15-/m0/s1. The fourth-order valence-electron chi connectivity index (χ4n) is 3.09. The summed E-state index contributed by atoms with van der Waals surface area (Å²) in [5.41, 5.74) is 0.839. The molecule has 0 unspecified atom stereocenters. The Morgan fingerprint density at radius 2 is 1.76 bits per heavy atom. The highest BCUT2D eigenvalue weighted by Gasteiger charge is 2.50. The highest BCUT2D eigenvalue weighted by Crippen LogP contribution is 2.39. The summed E-state index contributed by atoms with van der Waals surface area (Å²) in [6.07, 6.45) is 2.89. The number of hydrogen-bond acceptors (Lipinski definition) is 6. The van der Waals surface area contributed by atoms with E-state index in [1.165, 1.54) is 0 Å². The van der Waals surface area contributed by atoms with Gasteiger partial charge in [0.15, 0.2) is 0 Å². The molecule has 4 atom stereocenters. The predicted molar refractivity (Wildman–Crippen MR) is 85.4 cm³/mol. The van der Waals surface area contributed by atoms with Crippen LogP contribution < -0.4 is 10.4 Å². The van der Waals surface area contributed by atoms with E-state index in [1.54, 1.807) is 36.4 Å². The molecular formula is C18H18NO6-. The summed E-state index contributed by atoms with van der Waals surface area (Å²) in [7, 11) is 0. The van der Waals surface area contributed by atoms with Crippen LogP contribution in [0.4, 0.5) is 5.69 Å². The topological polar surface area (TPSA) is 105 Å². The van der Waals surface area contributed by atoms with Gasteiger partial charge in [-0.05, 0) is 30.7 Å². The van der Waals surface area contributed by atoms with Crippen molar-refractivity contribution in [1.29, 1.82) is 0 Å². The van der Waals surface area contributed by atoms with Crippen molar-refractivity contribution < 1.29 is 29.0 Å². The molecule has 0 spiro atoms. The first-order valence-electron chi connectivity index (χ1n) is 8.14. The van der Waals surface area contributed by atoms with Gasteiger partial charge in [0.1, 0.15) is 0 Å². The molecule has 3 rings (SSSR count). The van der Waals surface area contributed by atoms with Gasteiger partial charge < -0.3 is 24.7 Å². The summed E-state index contributed by atoms with van der Waals surface area (Å²) in [6.45, 7) is 2.25. The maximum absolute atomic E-state index is 12.5. The van der Waals surface area contributed by atoms with Crippen molar-refractivity contribution in [2.75, 3.05) is 11.9 Å². The fraction of sp³-hybridized carbons (Fsp3) is 0.389. The number of carbonyl (C=O) groups excluding carboxylic acids is 3. The molecule has 0 aliphatic carbocycles. The summed E-state index contributed by atoms with van der Waals surface area (Å²) in [5.74, 6) is -4.02. The Hall–Kier alpha value is -2.67. The summed E-state index contributed by atoms with van der Waals surface area (Å²) in [6, 6.07) is 6.22. The molecule has 25 heavy (non-hydrogen) atoms. The molecule has 1 N–H and O–H groups in total. The Morgan fingerprint density at radius 3 is 2.36 bits per heavy atom. The normalized spacial score (nSPS) is 26.4. The van der Waals surface area contributed by atoms with Gasteiger partial charge in [-0.15, -0.1) is 0 Å². The second-order valence-electron chi connectivity index (χ2n) is 6.02. The molecule has 2 bridgehead atoms. The smallest absolute Gasteiger partial charge is 0.338 e. The molecule has 0 radical (unpaired) electrons. The van der Waals surface area contributed by atoms with Crippen LogP contribution in [-0.2, 0) is 19.1 Å². The van der Waals surface area contributed by atoms with E-state index in [1.807, 2.05) is 6.92 Å². The Morgan fingerprint density at radius 1 is 1.12 bits per heavy atom. The van der Waals surface area contributed by atoms with E-state index >= 15 is 0 Å². The lowest BCUT2D eigenvalue weighted by atomic mass is 9.82. The minimum atomic E-state index is -1.30. The molecule has 2 aliphatic rings. The quantitative estimate of drug-likeness (QED) is 0.595. The number of fused-ring (bicyclic) bond motifs is 2. The van der Waals surface area contributed by atoms with E-state index in [4.69, 9.17) is 9.47 Å². The van der Waals surface area contributed by atoms with Gasteiger partial charge in [0.2, 0.25) is 5.91 Å². The summed E-state index contributed by atoms with van der Waals surface area (Å²) >= 11 is 0. The van der Waals surface area contributed by atoms with E-state index in [0.717, 1.165) is 6.42 Å². The molecule has 0 aromatic heterocycles. The SMILES string of the molecule is CCCOC(=O)c1ccc(NC(=O)[C@@H]2[C@@H](C(=O)[O-])[C@H]3C=C[C@@H]2O3)cc1. The predicted octanol–water partition coefficient (Wildman–Crippen LogP) is 0.511. The molecule has 1 aromatic carbocycles. The number of ether oxygens (including phenoxy) is 2. The number of carbonyl (C=O) groups is 3. The van der Waals surface area contributed by atoms with Gasteiger partial charge in [-0.3, -0.25) is 4.79 Å². The van der Waals surface area contributed by atoms with Gasteiger partial charge in [-0.1, -0.05) is 19.1 Å². The molecule has 1 saturated heterocycles. The number of carboxylic acids is 1. The average molecular weight is 344 g/mol. The molecule has 132 valence electrons. The third-order valence-corrected chi connectivity index (χ3v) is 4.30. The van der Waals surface area contributed by atoms with Crippen LogP contribution in [0, 0.1) is 11.8 Å². The lowest BCUT2D eigenvalue weighted by Crippen LogP contribution is -2.45. The van der Waals surface area contributed by atoms with Crippen LogP contribution in [0.2, 0.25) is 0 Å². The lowest BCUT2D eigenvalue weighted by molar-refractivity contribution is -0.313. The highest BCUT2D eigenvalue weighted by atomic mass is 16.5. The van der Waals surface area contributed by atoms with Crippen LogP contribution in [0.25, 0.3) is 0 Å². The lowest BCUT2D eigenvalue weighted by Gasteiger charge is -2.24. The zero-order chi connectivity index (χ0) is 18.0. The second kappa shape index (κ2) is 7.06. The van der Waals surface area contributed by atoms with Gasteiger partial charge in [0.05, 0.1) is 30.3 Å². The molecule has 7 nitrogen and oxygen atoms in total. The highest BCUT2D eigenvalue weighted by molar-refractivity contribution is 5.97. The minimum Gasteiger partial charge on any atom is -0.550 e. The minimum absolute atomic E-state index is 0.347. The Balaban J connectivity index is 1.66. The van der Waals surface area contributed by atoms with E-state index < -0.39 is 41.9 Å². The van der Waals surface area contributed by atoms with Crippen molar-refractivity contribution in [3.8, 4) is 0 Å². The van der Waals surface area contributed by atoms with Gasteiger partial charge in [-0.25, -0.2) is 4.79 Å². The Labute approximate surface area is 144 Å². The first-order valence-corrected chi connectivity index (χ1v) is 8.14. The van der Waals surface area contributed by atoms with Crippen LogP contribution in [0.1, 0.15) is 23.7 Å². The van der Waals surface area contributed by atoms with Gasteiger partial charge in [0.25, 0.3) is 0 Å². The molecule has 2 heterocycles. The molecule has 2 aliphatic heterocycles. The maximum atomic E-state index is 12.5. The number of nitrogens with one attached hydrogen (secondary N) is 1. The van der Waals surface area contributed by atoms with Crippen molar-refractivity contribution in [2.24, 2.45) is 11.8 Å². The summed E-state index contributed by atoms with van der Waals surface area (Å²) in [5, 5.41) is 14.0. The zero-order valence-corrected chi connectivity index (χ0v) is 13.6. The third-order valence-electron chi connectivity index (χ3n) is 4.30. The summed E-state index contributed by atoms with van der Waals surface area (Å²) < 4.78 is 10.5. The Kier molecular flexibility index (Phi) is 4.85. The number of carboxylic acid groups (broad SMARTS) is 1. The largest absolute Gasteiger partial charge is 0.550 e. The van der Waals surface area contributed by atoms with Crippen LogP contribution in [0.5, 0.6) is 0 Å². The number of aliphatic carboxylic acids is 1. The van der Waals surface area contributed by atoms with Crippen LogP contribution >= 0.6 is 0 Å². The van der Waals surface area contributed by atoms with Crippen molar-refractivity contribution in [1.82, 2.24) is 0 Å². The van der Waals surface area contributed by atoms with E-state index in [2.05, 4.69) is 5.32 Å². The van der Waals surface area contributed by atoms with E-state index in [-0.39, 0.29) is 0 Å². The van der Waals surface area contributed by atoms with Crippen molar-refractivity contribution in [3.63, 3.8) is 0 Å². The molecule has 7 heteroatoms. The van der Waals surface area contributed by atoms with Gasteiger partial charge in [0, 0.05) is 17.6 Å². The number of anilines is 1.